The van der Waals surface area contributed by atoms with Gasteiger partial charge in [-0.3, -0.25) is 4.98 Å². The van der Waals surface area contributed by atoms with E-state index in [0.717, 1.165) is 33.3 Å². The van der Waals surface area contributed by atoms with Crippen molar-refractivity contribution in [2.75, 3.05) is 5.73 Å². The molecule has 0 spiro atoms. The molecule has 3 aromatic heterocycles. The number of rotatable bonds is 2. The van der Waals surface area contributed by atoms with Gasteiger partial charge in [0.15, 0.2) is 5.82 Å². The summed E-state index contributed by atoms with van der Waals surface area (Å²) < 4.78 is 2.20. The summed E-state index contributed by atoms with van der Waals surface area (Å²) in [5, 5.41) is 0.829. The first kappa shape index (κ1) is 11.2. The molecule has 0 aliphatic heterocycles. The molecule has 2 N–H and O–H groups in total. The Bertz CT molecular complexity index is 711. The maximum Gasteiger partial charge on any atom is 0.151 e. The summed E-state index contributed by atoms with van der Waals surface area (Å²) in [5.41, 5.74) is 9.10. The predicted octanol–water partition coefficient (Wildman–Crippen LogP) is 3.07. The van der Waals surface area contributed by atoms with Gasteiger partial charge in [0.05, 0.1) is 21.6 Å². The second kappa shape index (κ2) is 4.10. The molecule has 0 bridgehead atoms. The van der Waals surface area contributed by atoms with E-state index in [1.54, 1.807) is 23.7 Å². The fraction of sp³-hybridized carbons (Fsp3) is 0.231. The molecule has 0 aliphatic carbocycles. The number of hydrogen-bond donors (Lipinski definition) is 1. The number of thiophene rings is 1. The number of fused-ring (bicyclic) bond motifs is 1. The van der Waals surface area contributed by atoms with E-state index >= 15 is 0 Å². The Morgan fingerprint density at radius 2 is 2.28 bits per heavy atom. The number of aromatic nitrogens is 3. The molecule has 92 valence electrons. The number of imidazole rings is 1. The van der Waals surface area contributed by atoms with Crippen molar-refractivity contribution in [3.8, 4) is 10.7 Å². The minimum atomic E-state index is 0.829. The molecular formula is C13H14N4S. The van der Waals surface area contributed by atoms with Crippen molar-refractivity contribution in [3.63, 3.8) is 0 Å². The van der Waals surface area contributed by atoms with Crippen LogP contribution in [-0.4, -0.2) is 14.5 Å². The highest BCUT2D eigenvalue weighted by Crippen LogP contribution is 2.34. The Morgan fingerprint density at radius 1 is 1.44 bits per heavy atom. The summed E-state index contributed by atoms with van der Waals surface area (Å²) in [5.74, 6) is 0.986. The zero-order valence-electron chi connectivity index (χ0n) is 10.3. The summed E-state index contributed by atoms with van der Waals surface area (Å²) >= 11 is 1.59. The molecule has 3 aromatic rings. The molecule has 0 atom stereocenters. The van der Waals surface area contributed by atoms with Crippen LogP contribution in [0.25, 0.3) is 21.7 Å². The summed E-state index contributed by atoms with van der Waals surface area (Å²) in [6.45, 7) is 5.07. The lowest BCUT2D eigenvalue weighted by Gasteiger charge is -2.04. The Balaban J connectivity index is 2.32. The molecule has 0 saturated heterocycles. The van der Waals surface area contributed by atoms with E-state index < -0.39 is 0 Å². The van der Waals surface area contributed by atoms with Gasteiger partial charge >= 0.3 is 0 Å². The molecular weight excluding hydrogens is 244 g/mol. The molecule has 3 heterocycles. The highest BCUT2D eigenvalue weighted by Gasteiger charge is 2.15. The third-order valence-corrected chi connectivity index (χ3v) is 4.07. The van der Waals surface area contributed by atoms with Crippen LogP contribution in [0.3, 0.4) is 0 Å². The maximum absolute atomic E-state index is 5.87. The van der Waals surface area contributed by atoms with Gasteiger partial charge in [0, 0.05) is 12.7 Å². The van der Waals surface area contributed by atoms with Gasteiger partial charge in [-0.1, -0.05) is 0 Å². The van der Waals surface area contributed by atoms with E-state index in [1.165, 1.54) is 5.56 Å². The molecule has 18 heavy (non-hydrogen) atoms. The lowest BCUT2D eigenvalue weighted by molar-refractivity contribution is 0.797. The molecule has 0 saturated carbocycles. The summed E-state index contributed by atoms with van der Waals surface area (Å²) in [6.07, 6.45) is 3.60. The van der Waals surface area contributed by atoms with Gasteiger partial charge in [0.25, 0.3) is 0 Å². The summed E-state index contributed by atoms with van der Waals surface area (Å²) in [4.78, 5) is 9.95. The normalized spacial score (nSPS) is 11.2. The van der Waals surface area contributed by atoms with Gasteiger partial charge in [-0.15, -0.1) is 11.3 Å². The Morgan fingerprint density at radius 3 is 2.94 bits per heavy atom. The number of nitrogens with zero attached hydrogens (tertiary/aromatic N) is 3. The van der Waals surface area contributed by atoms with Gasteiger partial charge < -0.3 is 10.3 Å². The van der Waals surface area contributed by atoms with Crippen LogP contribution in [0.5, 0.6) is 0 Å². The van der Waals surface area contributed by atoms with E-state index in [4.69, 9.17) is 5.73 Å². The van der Waals surface area contributed by atoms with E-state index in [-0.39, 0.29) is 0 Å². The summed E-state index contributed by atoms with van der Waals surface area (Å²) in [7, 11) is 0. The molecule has 5 heteroatoms. The van der Waals surface area contributed by atoms with Crippen molar-refractivity contribution in [2.45, 2.75) is 20.4 Å². The van der Waals surface area contributed by atoms with Gasteiger partial charge in [0.1, 0.15) is 5.52 Å². The quantitative estimate of drug-likeness (QED) is 0.768. The van der Waals surface area contributed by atoms with Crippen molar-refractivity contribution < 1.29 is 0 Å². The average molecular weight is 258 g/mol. The predicted molar refractivity (Wildman–Crippen MR) is 75.7 cm³/mol. The first-order valence-electron chi connectivity index (χ1n) is 5.87. The second-order valence-electron chi connectivity index (χ2n) is 4.20. The van der Waals surface area contributed by atoms with Crippen LogP contribution < -0.4 is 5.73 Å². The van der Waals surface area contributed by atoms with E-state index in [9.17, 15) is 0 Å². The number of anilines is 1. The highest BCUT2D eigenvalue weighted by atomic mass is 32.1. The van der Waals surface area contributed by atoms with Crippen LogP contribution in [0.2, 0.25) is 0 Å². The highest BCUT2D eigenvalue weighted by molar-refractivity contribution is 7.19. The molecule has 0 radical (unpaired) electrons. The van der Waals surface area contributed by atoms with Gasteiger partial charge in [-0.05, 0) is 31.5 Å². The first-order chi connectivity index (χ1) is 8.70. The van der Waals surface area contributed by atoms with Crippen molar-refractivity contribution in [2.24, 2.45) is 0 Å². The smallest absolute Gasteiger partial charge is 0.151 e. The zero-order valence-corrected chi connectivity index (χ0v) is 11.2. The largest absolute Gasteiger partial charge is 0.391 e. The standard InChI is InChI=1S/C13H14N4S/c1-3-17-10-4-5-15-7-9(10)16-13(17)12-8(2)6-11(14)18-12/h4-7H,3,14H2,1-2H3. The monoisotopic (exact) mass is 258 g/mol. The van der Waals surface area contributed by atoms with Gasteiger partial charge in [0.2, 0.25) is 0 Å². The number of nitrogen functional groups attached to an aromatic ring is 1. The fourth-order valence-corrected chi connectivity index (χ4v) is 3.14. The zero-order chi connectivity index (χ0) is 12.7. The Kier molecular flexibility index (Phi) is 2.56. The fourth-order valence-electron chi connectivity index (χ4n) is 2.20. The molecule has 0 aliphatic rings. The molecule has 0 fully saturated rings. The number of hydrogen-bond acceptors (Lipinski definition) is 4. The van der Waals surface area contributed by atoms with Crippen molar-refractivity contribution in [1.29, 1.82) is 0 Å². The van der Waals surface area contributed by atoms with Crippen molar-refractivity contribution in [3.05, 3.63) is 30.1 Å². The average Bonchev–Trinajstić information content (AvgIpc) is 2.88. The van der Waals surface area contributed by atoms with Crippen LogP contribution in [0, 0.1) is 6.92 Å². The van der Waals surface area contributed by atoms with Crippen LogP contribution in [-0.2, 0) is 6.54 Å². The number of aryl methyl sites for hydroxylation is 2. The second-order valence-corrected chi connectivity index (χ2v) is 5.29. The lowest BCUT2D eigenvalue weighted by Crippen LogP contribution is -1.96. The van der Waals surface area contributed by atoms with Crippen LogP contribution in [0.15, 0.2) is 24.5 Å². The first-order valence-corrected chi connectivity index (χ1v) is 6.69. The number of pyridine rings is 1. The van der Waals surface area contributed by atoms with Crippen molar-refractivity contribution in [1.82, 2.24) is 14.5 Å². The Hall–Kier alpha value is -1.88. The van der Waals surface area contributed by atoms with E-state index in [0.29, 0.717) is 0 Å². The third kappa shape index (κ3) is 1.59. The van der Waals surface area contributed by atoms with Crippen molar-refractivity contribution >= 4 is 27.4 Å². The third-order valence-electron chi connectivity index (χ3n) is 3.01. The lowest BCUT2D eigenvalue weighted by atomic mass is 10.3. The topological polar surface area (TPSA) is 56.7 Å². The van der Waals surface area contributed by atoms with E-state index in [2.05, 4.69) is 28.4 Å². The minimum Gasteiger partial charge on any atom is -0.391 e. The van der Waals surface area contributed by atoms with Gasteiger partial charge in [-0.2, -0.15) is 0 Å². The van der Waals surface area contributed by atoms with Crippen LogP contribution in [0.1, 0.15) is 12.5 Å². The SMILES string of the molecule is CCn1c(-c2sc(N)cc2C)nc2cnccc21. The molecule has 3 rings (SSSR count). The van der Waals surface area contributed by atoms with E-state index in [1.807, 2.05) is 12.1 Å². The summed E-state index contributed by atoms with van der Waals surface area (Å²) in [6, 6.07) is 4.00. The molecule has 0 amide bonds. The van der Waals surface area contributed by atoms with Crippen LogP contribution in [0.4, 0.5) is 5.00 Å². The minimum absolute atomic E-state index is 0.829. The molecule has 0 aromatic carbocycles. The number of nitrogens with two attached hydrogens (primary N) is 1. The van der Waals surface area contributed by atoms with Crippen LogP contribution >= 0.6 is 11.3 Å². The maximum atomic E-state index is 5.87. The molecule has 0 unspecified atom stereocenters. The molecule has 4 nitrogen and oxygen atoms in total. The van der Waals surface area contributed by atoms with Gasteiger partial charge in [-0.25, -0.2) is 4.98 Å². The Labute approximate surface area is 109 Å².